The highest BCUT2D eigenvalue weighted by Gasteiger charge is 2.32. The number of aliphatic carboxylic acids is 1. The summed E-state index contributed by atoms with van der Waals surface area (Å²) in [6.45, 7) is 4.99. The van der Waals surface area contributed by atoms with Gasteiger partial charge in [-0.15, -0.1) is 0 Å². The number of pyridine rings is 1. The minimum Gasteiger partial charge on any atom is -0.480 e. The summed E-state index contributed by atoms with van der Waals surface area (Å²) in [5.41, 5.74) is 3.41. The number of hydrogen-bond donors (Lipinski definition) is 3. The molecule has 0 aliphatic carbocycles. The van der Waals surface area contributed by atoms with Crippen molar-refractivity contribution in [3.63, 3.8) is 0 Å². The predicted octanol–water partition coefficient (Wildman–Crippen LogP) is 3.13. The molecule has 42 heavy (non-hydrogen) atoms. The highest BCUT2D eigenvalue weighted by atomic mass is 35.5. The van der Waals surface area contributed by atoms with Crippen LogP contribution in [0.1, 0.15) is 41.0 Å². The molecule has 0 saturated carbocycles. The molecular formula is C30H32ClN5O5S. The number of carboxylic acids is 1. The topological polar surface area (TPSA) is 132 Å². The molecular weight excluding hydrogens is 578 g/mol. The van der Waals surface area contributed by atoms with Crippen molar-refractivity contribution in [1.29, 1.82) is 0 Å². The molecule has 1 aliphatic heterocycles. The first-order valence-electron chi connectivity index (χ1n) is 13.4. The van der Waals surface area contributed by atoms with Gasteiger partial charge >= 0.3 is 5.97 Å². The summed E-state index contributed by atoms with van der Waals surface area (Å²) >= 11 is 6.16. The Bertz CT molecular complexity index is 1590. The van der Waals surface area contributed by atoms with Crippen LogP contribution in [-0.2, 0) is 21.5 Å². The maximum Gasteiger partial charge on any atom is 0.322 e. The monoisotopic (exact) mass is 609 g/mol. The van der Waals surface area contributed by atoms with Gasteiger partial charge in [0.25, 0.3) is 16.1 Å². The van der Waals surface area contributed by atoms with Gasteiger partial charge in [0.1, 0.15) is 11.7 Å². The number of piperazine rings is 1. The standard InChI is InChI=1S/C30H32ClN5O5S/c1-21(2)28(30(38)39)34-42(40,41)36-17-15-35(16-18-36)25-11-9-22(10-12-25)7-8-23-13-14-32-27(19-23)29(37)33-20-24-5-3-4-6-26(24)31/h3-6,9-14,19,21,28,34H,15-18,20H2,1-2H3,(H,33,37)(H,38,39)/t28-/m1/s1. The van der Waals surface area contributed by atoms with E-state index in [1.165, 1.54) is 10.5 Å². The summed E-state index contributed by atoms with van der Waals surface area (Å²) in [5.74, 6) is 4.25. The second-order valence-corrected chi connectivity index (χ2v) is 12.2. The lowest BCUT2D eigenvalue weighted by Gasteiger charge is -2.36. The fourth-order valence-electron chi connectivity index (χ4n) is 4.33. The molecule has 1 saturated heterocycles. The van der Waals surface area contributed by atoms with Crippen LogP contribution in [0.3, 0.4) is 0 Å². The SMILES string of the molecule is CC(C)[C@@H](NS(=O)(=O)N1CCN(c2ccc(C#Cc3ccnc(C(=O)NCc4ccccc4Cl)c3)cc2)CC1)C(=O)O. The number of anilines is 1. The molecule has 0 radical (unpaired) electrons. The summed E-state index contributed by atoms with van der Waals surface area (Å²) in [4.78, 5) is 30.2. The molecule has 0 spiro atoms. The van der Waals surface area contributed by atoms with Crippen molar-refractivity contribution in [2.75, 3.05) is 31.1 Å². The van der Waals surface area contributed by atoms with Crippen LogP contribution < -0.4 is 14.9 Å². The van der Waals surface area contributed by atoms with Crippen LogP contribution in [-0.4, -0.2) is 66.9 Å². The smallest absolute Gasteiger partial charge is 0.322 e. The number of rotatable bonds is 9. The third kappa shape index (κ3) is 8.08. The summed E-state index contributed by atoms with van der Waals surface area (Å²) in [5, 5.41) is 12.7. The van der Waals surface area contributed by atoms with Gasteiger partial charge in [0, 0.05) is 60.8 Å². The zero-order valence-corrected chi connectivity index (χ0v) is 24.8. The van der Waals surface area contributed by atoms with E-state index in [1.807, 2.05) is 42.5 Å². The number of nitrogens with one attached hydrogen (secondary N) is 2. The zero-order valence-electron chi connectivity index (χ0n) is 23.2. The Hall–Kier alpha value is -3.95. The van der Waals surface area contributed by atoms with E-state index < -0.39 is 22.2 Å². The van der Waals surface area contributed by atoms with E-state index in [2.05, 4.69) is 31.8 Å². The highest BCUT2D eigenvalue weighted by Crippen LogP contribution is 2.19. The third-order valence-corrected chi connectivity index (χ3v) is 8.73. The van der Waals surface area contributed by atoms with E-state index in [4.69, 9.17) is 11.6 Å². The average Bonchev–Trinajstić information content (AvgIpc) is 2.98. The average molecular weight is 610 g/mol. The number of benzene rings is 2. The Kier molecular flexibility index (Phi) is 10.2. The summed E-state index contributed by atoms with van der Waals surface area (Å²) < 4.78 is 29.1. The van der Waals surface area contributed by atoms with Gasteiger partial charge in [-0.1, -0.05) is 55.5 Å². The molecule has 1 fully saturated rings. The number of halogens is 1. The van der Waals surface area contributed by atoms with Crippen molar-refractivity contribution in [3.8, 4) is 11.8 Å². The fourth-order valence-corrected chi connectivity index (χ4v) is 6.02. The first kappa shape index (κ1) is 31.0. The molecule has 3 aromatic rings. The molecule has 2 heterocycles. The van der Waals surface area contributed by atoms with Gasteiger partial charge in [0.15, 0.2) is 0 Å². The lowest BCUT2D eigenvalue weighted by molar-refractivity contribution is -0.140. The third-order valence-electron chi connectivity index (χ3n) is 6.76. The molecule has 220 valence electrons. The van der Waals surface area contributed by atoms with Gasteiger partial charge in [-0.25, -0.2) is 0 Å². The minimum absolute atomic E-state index is 0.234. The highest BCUT2D eigenvalue weighted by molar-refractivity contribution is 7.87. The molecule has 4 rings (SSSR count). The molecule has 1 aromatic heterocycles. The van der Waals surface area contributed by atoms with Gasteiger partial charge in [-0.05, 0) is 53.9 Å². The van der Waals surface area contributed by atoms with Crippen LogP contribution in [0.4, 0.5) is 5.69 Å². The Morgan fingerprint density at radius 2 is 1.67 bits per heavy atom. The number of nitrogens with zero attached hydrogens (tertiary/aromatic N) is 3. The van der Waals surface area contributed by atoms with Crippen molar-refractivity contribution in [1.82, 2.24) is 19.3 Å². The lowest BCUT2D eigenvalue weighted by atomic mass is 10.1. The van der Waals surface area contributed by atoms with E-state index in [1.54, 1.807) is 32.0 Å². The number of carbonyl (C=O) groups is 2. The summed E-state index contributed by atoms with van der Waals surface area (Å²) in [6, 6.07) is 17.1. The number of carbonyl (C=O) groups excluding carboxylic acids is 1. The Morgan fingerprint density at radius 1 is 1.00 bits per heavy atom. The van der Waals surface area contributed by atoms with Gasteiger partial charge in [0.2, 0.25) is 0 Å². The van der Waals surface area contributed by atoms with Gasteiger partial charge in [-0.3, -0.25) is 14.6 Å². The van der Waals surface area contributed by atoms with Crippen LogP contribution in [0.2, 0.25) is 5.02 Å². The normalized spacial score (nSPS) is 14.6. The Labute approximate surface area is 250 Å². The first-order valence-corrected chi connectivity index (χ1v) is 15.2. The van der Waals surface area contributed by atoms with Crippen LogP contribution >= 0.6 is 11.6 Å². The Morgan fingerprint density at radius 3 is 2.31 bits per heavy atom. The molecule has 10 nitrogen and oxygen atoms in total. The molecule has 1 amide bonds. The number of carboxylic acid groups (broad SMARTS) is 1. The van der Waals surface area contributed by atoms with Gasteiger partial charge in [0.05, 0.1) is 0 Å². The van der Waals surface area contributed by atoms with Crippen molar-refractivity contribution in [2.24, 2.45) is 5.92 Å². The summed E-state index contributed by atoms with van der Waals surface area (Å²) in [6.07, 6.45) is 1.54. The largest absolute Gasteiger partial charge is 0.480 e. The predicted molar refractivity (Wildman–Crippen MR) is 161 cm³/mol. The van der Waals surface area contributed by atoms with Crippen LogP contribution in [0, 0.1) is 17.8 Å². The maximum atomic E-state index is 12.7. The molecule has 1 aliphatic rings. The number of amides is 1. The second kappa shape index (κ2) is 13.8. The molecule has 3 N–H and O–H groups in total. The van der Waals surface area contributed by atoms with Gasteiger partial charge < -0.3 is 15.3 Å². The van der Waals surface area contributed by atoms with Gasteiger partial charge in [-0.2, -0.15) is 17.4 Å². The molecule has 1 atom stereocenters. The number of hydrogen-bond acceptors (Lipinski definition) is 6. The van der Waals surface area contributed by atoms with Crippen molar-refractivity contribution < 1.29 is 23.1 Å². The van der Waals surface area contributed by atoms with Crippen molar-refractivity contribution in [2.45, 2.75) is 26.4 Å². The zero-order chi connectivity index (χ0) is 30.3. The van der Waals surface area contributed by atoms with E-state index in [-0.39, 0.29) is 37.2 Å². The maximum absolute atomic E-state index is 12.7. The summed E-state index contributed by atoms with van der Waals surface area (Å²) in [7, 11) is -3.92. The van der Waals surface area contributed by atoms with Crippen molar-refractivity contribution in [3.05, 3.63) is 94.3 Å². The van der Waals surface area contributed by atoms with E-state index >= 15 is 0 Å². The number of aromatic nitrogens is 1. The molecule has 2 aromatic carbocycles. The minimum atomic E-state index is -3.92. The molecule has 0 bridgehead atoms. The van der Waals surface area contributed by atoms with Crippen LogP contribution in [0.15, 0.2) is 66.9 Å². The second-order valence-electron chi connectivity index (χ2n) is 10.1. The van der Waals surface area contributed by atoms with E-state index in [0.717, 1.165) is 16.8 Å². The fraction of sp³-hybridized carbons (Fsp3) is 0.300. The van der Waals surface area contributed by atoms with Crippen LogP contribution in [0.5, 0.6) is 0 Å². The quantitative estimate of drug-likeness (QED) is 0.318. The Balaban J connectivity index is 1.33. The van der Waals surface area contributed by atoms with E-state index in [0.29, 0.717) is 23.7 Å². The van der Waals surface area contributed by atoms with E-state index in [9.17, 15) is 23.1 Å². The van der Waals surface area contributed by atoms with Crippen molar-refractivity contribution >= 4 is 39.4 Å². The molecule has 0 unspecified atom stereocenters. The molecule has 12 heteroatoms. The lowest BCUT2D eigenvalue weighted by Crippen LogP contribution is -2.55. The first-order chi connectivity index (χ1) is 20.0. The van der Waals surface area contributed by atoms with Crippen LogP contribution in [0.25, 0.3) is 0 Å².